The lowest BCUT2D eigenvalue weighted by Gasteiger charge is -2.36. The molecule has 2 saturated heterocycles. The molecule has 6 nitrogen and oxygen atoms in total. The number of nitrogens with one attached hydrogen (secondary N) is 2. The number of rotatable bonds is 5. The lowest BCUT2D eigenvalue weighted by molar-refractivity contribution is -0.201. The zero-order chi connectivity index (χ0) is 22.9. The number of amides is 1. The largest absolute Gasteiger partial charge is 0.392 e. The van der Waals surface area contributed by atoms with E-state index in [0.717, 1.165) is 12.8 Å². The molecule has 0 spiro atoms. The van der Waals surface area contributed by atoms with Crippen molar-refractivity contribution in [3.05, 3.63) is 0 Å². The first kappa shape index (κ1) is 24.2. The molecule has 2 aliphatic carbocycles. The van der Waals surface area contributed by atoms with Crippen LogP contribution in [0.25, 0.3) is 0 Å². The third-order valence-electron chi connectivity index (χ3n) is 7.97. The molecule has 6 unspecified atom stereocenters. The van der Waals surface area contributed by atoms with Gasteiger partial charge in [0.15, 0.2) is 0 Å². The van der Waals surface area contributed by atoms with Gasteiger partial charge in [-0.15, -0.1) is 0 Å². The van der Waals surface area contributed by atoms with Gasteiger partial charge < -0.3 is 4.90 Å². The second-order valence-electron chi connectivity index (χ2n) is 10.1. The SMILES string of the molecule is CN(C(=O)C1CC(C2CCCCC2)ON1)C1CNN(CC2CC(F)CCC2C(F)(F)F)C1. The van der Waals surface area contributed by atoms with Crippen molar-refractivity contribution < 1.29 is 27.2 Å². The first-order valence-corrected chi connectivity index (χ1v) is 12.1. The molecule has 2 saturated carbocycles. The molecular formula is C22H36F4N4O2. The van der Waals surface area contributed by atoms with Gasteiger partial charge in [0.25, 0.3) is 0 Å². The van der Waals surface area contributed by atoms with E-state index in [2.05, 4.69) is 10.9 Å². The Morgan fingerprint density at radius 1 is 1.12 bits per heavy atom. The number of hydrogen-bond donors (Lipinski definition) is 2. The van der Waals surface area contributed by atoms with Crippen molar-refractivity contribution in [1.82, 2.24) is 20.8 Å². The number of carbonyl (C=O) groups is 1. The lowest BCUT2D eigenvalue weighted by Crippen LogP contribution is -2.48. The molecule has 2 N–H and O–H groups in total. The first-order valence-electron chi connectivity index (χ1n) is 12.1. The number of likely N-dealkylation sites (N-methyl/N-ethyl adjacent to an activating group) is 1. The Bertz CT molecular complexity index is 646. The van der Waals surface area contributed by atoms with E-state index in [0.29, 0.717) is 25.4 Å². The summed E-state index contributed by atoms with van der Waals surface area (Å²) in [6.07, 6.45) is 0.989. The highest BCUT2D eigenvalue weighted by Crippen LogP contribution is 2.42. The molecule has 4 aliphatic rings. The predicted molar refractivity (Wildman–Crippen MR) is 111 cm³/mol. The average Bonchev–Trinajstić information content (AvgIpc) is 3.42. The normalized spacial score (nSPS) is 37.7. The molecule has 2 heterocycles. The van der Waals surface area contributed by atoms with Gasteiger partial charge >= 0.3 is 6.18 Å². The van der Waals surface area contributed by atoms with Gasteiger partial charge in [-0.1, -0.05) is 19.3 Å². The summed E-state index contributed by atoms with van der Waals surface area (Å²) >= 11 is 0. The summed E-state index contributed by atoms with van der Waals surface area (Å²) in [5.74, 6) is -1.79. The van der Waals surface area contributed by atoms with E-state index < -0.39 is 24.2 Å². The molecule has 0 radical (unpaired) electrons. The Morgan fingerprint density at radius 2 is 1.88 bits per heavy atom. The number of hydrazine groups is 1. The van der Waals surface area contributed by atoms with E-state index in [1.807, 2.05) is 0 Å². The maximum absolute atomic E-state index is 13.8. The Kier molecular flexibility index (Phi) is 7.63. The third kappa shape index (κ3) is 5.56. The quantitative estimate of drug-likeness (QED) is 0.612. The highest BCUT2D eigenvalue weighted by atomic mass is 19.4. The first-order chi connectivity index (χ1) is 15.2. The van der Waals surface area contributed by atoms with E-state index in [1.165, 1.54) is 19.3 Å². The Balaban J connectivity index is 1.27. The number of alkyl halides is 4. The molecule has 1 amide bonds. The zero-order valence-electron chi connectivity index (χ0n) is 18.7. The van der Waals surface area contributed by atoms with Crippen molar-refractivity contribution in [3.8, 4) is 0 Å². The molecule has 184 valence electrons. The number of halogens is 4. The van der Waals surface area contributed by atoms with Gasteiger partial charge in [0.1, 0.15) is 12.2 Å². The molecule has 4 fully saturated rings. The summed E-state index contributed by atoms with van der Waals surface area (Å²) in [6.45, 7) is 1.04. The van der Waals surface area contributed by atoms with Crippen LogP contribution in [0.4, 0.5) is 17.6 Å². The maximum atomic E-state index is 13.8. The van der Waals surface area contributed by atoms with Crippen LogP contribution >= 0.6 is 0 Å². The van der Waals surface area contributed by atoms with Crippen LogP contribution in [0.3, 0.4) is 0 Å². The molecule has 0 aromatic carbocycles. The summed E-state index contributed by atoms with van der Waals surface area (Å²) in [6, 6.07) is -0.534. The van der Waals surface area contributed by atoms with E-state index >= 15 is 0 Å². The van der Waals surface area contributed by atoms with Crippen molar-refractivity contribution in [3.63, 3.8) is 0 Å². The van der Waals surface area contributed by atoms with Crippen LogP contribution in [0.15, 0.2) is 0 Å². The summed E-state index contributed by atoms with van der Waals surface area (Å²) in [4.78, 5) is 20.4. The van der Waals surface area contributed by atoms with Crippen LogP contribution in [0.2, 0.25) is 0 Å². The highest BCUT2D eigenvalue weighted by molar-refractivity contribution is 5.82. The average molecular weight is 465 g/mol. The summed E-state index contributed by atoms with van der Waals surface area (Å²) in [5, 5.41) is 1.74. The standard InChI is InChI=1S/C22H36F4N4O2/c1-29(21(31)19-10-20(32-28-19)14-5-3-2-4-6-14)17-11-27-30(13-17)12-15-9-16(23)7-8-18(15)22(24,25)26/h14-20,27-28H,2-13H2,1H3. The fourth-order valence-corrected chi connectivity index (χ4v) is 6.01. The molecule has 0 aromatic heterocycles. The van der Waals surface area contributed by atoms with Crippen LogP contribution in [0.5, 0.6) is 0 Å². The van der Waals surface area contributed by atoms with Crippen molar-refractivity contribution >= 4 is 5.91 Å². The van der Waals surface area contributed by atoms with Crippen molar-refractivity contribution in [1.29, 1.82) is 0 Å². The van der Waals surface area contributed by atoms with Gasteiger partial charge in [-0.05, 0) is 43.9 Å². The molecule has 0 aromatic rings. The summed E-state index contributed by atoms with van der Waals surface area (Å²) in [5.41, 5.74) is 6.05. The van der Waals surface area contributed by atoms with Crippen LogP contribution in [-0.4, -0.2) is 73.0 Å². The van der Waals surface area contributed by atoms with E-state index in [9.17, 15) is 22.4 Å². The topological polar surface area (TPSA) is 56.8 Å². The minimum Gasteiger partial charge on any atom is -0.339 e. The lowest BCUT2D eigenvalue weighted by atomic mass is 9.77. The summed E-state index contributed by atoms with van der Waals surface area (Å²) in [7, 11) is 1.74. The van der Waals surface area contributed by atoms with Gasteiger partial charge in [0.05, 0.1) is 18.1 Å². The van der Waals surface area contributed by atoms with Gasteiger partial charge in [-0.2, -0.15) is 18.7 Å². The van der Waals surface area contributed by atoms with E-state index in [-0.39, 0.29) is 49.9 Å². The number of nitrogens with zero attached hydrogens (tertiary/aromatic N) is 2. The third-order valence-corrected chi connectivity index (χ3v) is 7.97. The number of hydrogen-bond acceptors (Lipinski definition) is 5. The zero-order valence-corrected chi connectivity index (χ0v) is 18.7. The Hall–Kier alpha value is -0.970. The van der Waals surface area contributed by atoms with Gasteiger partial charge in [-0.3, -0.25) is 15.1 Å². The summed E-state index contributed by atoms with van der Waals surface area (Å²) < 4.78 is 54.1. The van der Waals surface area contributed by atoms with Gasteiger partial charge in [-0.25, -0.2) is 9.40 Å². The smallest absolute Gasteiger partial charge is 0.339 e. The molecule has 2 aliphatic heterocycles. The van der Waals surface area contributed by atoms with Crippen LogP contribution in [-0.2, 0) is 9.63 Å². The fraction of sp³-hybridized carbons (Fsp3) is 0.955. The van der Waals surface area contributed by atoms with Crippen molar-refractivity contribution in [2.45, 2.75) is 88.3 Å². The monoisotopic (exact) mass is 464 g/mol. The fourth-order valence-electron chi connectivity index (χ4n) is 6.01. The second-order valence-corrected chi connectivity index (χ2v) is 10.1. The minimum absolute atomic E-state index is 0.0215. The second kappa shape index (κ2) is 10.1. The Labute approximate surface area is 187 Å². The van der Waals surface area contributed by atoms with Crippen LogP contribution in [0.1, 0.15) is 57.8 Å². The molecule has 6 atom stereocenters. The number of hydroxylamine groups is 1. The van der Waals surface area contributed by atoms with E-state index in [4.69, 9.17) is 4.84 Å². The molecule has 32 heavy (non-hydrogen) atoms. The van der Waals surface area contributed by atoms with Gasteiger partial charge in [0.2, 0.25) is 5.91 Å². The van der Waals surface area contributed by atoms with Crippen LogP contribution in [0, 0.1) is 17.8 Å². The van der Waals surface area contributed by atoms with E-state index in [1.54, 1.807) is 17.0 Å². The Morgan fingerprint density at radius 3 is 2.59 bits per heavy atom. The molecule has 0 bridgehead atoms. The van der Waals surface area contributed by atoms with Gasteiger partial charge in [0, 0.05) is 33.1 Å². The van der Waals surface area contributed by atoms with Crippen molar-refractivity contribution in [2.24, 2.45) is 17.8 Å². The number of carbonyl (C=O) groups excluding carboxylic acids is 1. The minimum atomic E-state index is -4.31. The molecule has 10 heteroatoms. The molecular weight excluding hydrogens is 428 g/mol. The molecule has 4 rings (SSSR count). The maximum Gasteiger partial charge on any atom is 0.392 e. The van der Waals surface area contributed by atoms with Crippen molar-refractivity contribution in [2.75, 3.05) is 26.7 Å². The predicted octanol–water partition coefficient (Wildman–Crippen LogP) is 3.19. The highest BCUT2D eigenvalue weighted by Gasteiger charge is 2.48. The van der Waals surface area contributed by atoms with Crippen LogP contribution < -0.4 is 10.9 Å².